The molecule has 3 aromatic carbocycles. The fraction of sp³-hybridized carbons (Fsp3) is 0.125. The van der Waals surface area contributed by atoms with Crippen molar-refractivity contribution in [3.8, 4) is 17.1 Å². The van der Waals surface area contributed by atoms with Gasteiger partial charge in [-0.25, -0.2) is 0 Å². The number of aryl methyl sites for hydroxylation is 1. The van der Waals surface area contributed by atoms with Crippen molar-refractivity contribution < 1.29 is 4.79 Å². The molecule has 4 aromatic rings. The van der Waals surface area contributed by atoms with E-state index in [2.05, 4.69) is 15.5 Å². The lowest BCUT2D eigenvalue weighted by atomic mass is 10.1. The highest BCUT2D eigenvalue weighted by Crippen LogP contribution is 2.30. The van der Waals surface area contributed by atoms with E-state index in [1.165, 1.54) is 11.8 Å². The number of hydrogen-bond donors (Lipinski definition) is 1. The summed E-state index contributed by atoms with van der Waals surface area (Å²) in [5, 5.41) is 13.7. The molecule has 5 nitrogen and oxygen atoms in total. The van der Waals surface area contributed by atoms with Crippen LogP contribution in [-0.4, -0.2) is 26.4 Å². The molecule has 0 radical (unpaired) electrons. The number of nitrogens with one attached hydrogen (secondary N) is 1. The van der Waals surface area contributed by atoms with Gasteiger partial charge in [-0.15, -0.1) is 10.2 Å². The van der Waals surface area contributed by atoms with Gasteiger partial charge in [0.2, 0.25) is 5.91 Å². The molecule has 1 aromatic heterocycles. The van der Waals surface area contributed by atoms with Crippen LogP contribution in [0.25, 0.3) is 17.1 Å². The second-order valence-corrected chi connectivity index (χ2v) is 8.94. The number of thioether (sulfide) groups is 1. The van der Waals surface area contributed by atoms with Gasteiger partial charge in [0.1, 0.15) is 0 Å². The minimum Gasteiger partial charge on any atom is -0.351 e. The van der Waals surface area contributed by atoms with E-state index in [0.717, 1.165) is 22.4 Å². The van der Waals surface area contributed by atoms with Gasteiger partial charge in [-0.1, -0.05) is 65.3 Å². The summed E-state index contributed by atoms with van der Waals surface area (Å²) in [7, 11) is 0. The average molecular weight is 483 g/mol. The Balaban J connectivity index is 1.54. The summed E-state index contributed by atoms with van der Waals surface area (Å²) < 4.78 is 1.98. The van der Waals surface area contributed by atoms with E-state index in [-0.39, 0.29) is 11.7 Å². The molecule has 162 valence electrons. The Kier molecular flexibility index (Phi) is 7.15. The summed E-state index contributed by atoms with van der Waals surface area (Å²) in [5.74, 6) is 0.829. The zero-order valence-corrected chi connectivity index (χ0v) is 19.6. The lowest BCUT2D eigenvalue weighted by Gasteiger charge is -2.13. The smallest absolute Gasteiger partial charge is 0.230 e. The molecule has 0 aliphatic rings. The lowest BCUT2D eigenvalue weighted by molar-refractivity contribution is -0.118. The maximum atomic E-state index is 12.5. The molecule has 0 saturated heterocycles. The Morgan fingerprint density at radius 1 is 0.938 bits per heavy atom. The van der Waals surface area contributed by atoms with Crippen molar-refractivity contribution in [2.24, 2.45) is 0 Å². The van der Waals surface area contributed by atoms with Crippen molar-refractivity contribution in [3.63, 3.8) is 0 Å². The van der Waals surface area contributed by atoms with Crippen LogP contribution in [0.15, 0.2) is 78.0 Å². The molecule has 1 N–H and O–H groups in total. The number of carbonyl (C=O) groups is 1. The van der Waals surface area contributed by atoms with Crippen LogP contribution in [0.3, 0.4) is 0 Å². The van der Waals surface area contributed by atoms with Crippen LogP contribution in [0.1, 0.15) is 11.1 Å². The lowest BCUT2D eigenvalue weighted by Crippen LogP contribution is -2.24. The van der Waals surface area contributed by atoms with Crippen LogP contribution in [-0.2, 0) is 11.3 Å². The second kappa shape index (κ2) is 10.2. The molecule has 0 aliphatic heterocycles. The summed E-state index contributed by atoms with van der Waals surface area (Å²) in [6.07, 6.45) is 0. The highest BCUT2D eigenvalue weighted by molar-refractivity contribution is 7.99. The Bertz CT molecular complexity index is 1220. The molecule has 4 rings (SSSR count). The monoisotopic (exact) mass is 482 g/mol. The summed E-state index contributed by atoms with van der Waals surface area (Å²) in [6, 6.07) is 22.9. The normalized spacial score (nSPS) is 10.8. The highest BCUT2D eigenvalue weighted by atomic mass is 35.5. The van der Waals surface area contributed by atoms with Crippen molar-refractivity contribution in [3.05, 3.63) is 94.0 Å². The van der Waals surface area contributed by atoms with Gasteiger partial charge >= 0.3 is 0 Å². The average Bonchev–Trinajstić information content (AvgIpc) is 3.22. The number of amides is 1. The maximum Gasteiger partial charge on any atom is 0.230 e. The third kappa shape index (κ3) is 5.33. The Labute approximate surface area is 200 Å². The Hall–Kier alpha value is -2.80. The number of nitrogens with zero attached hydrogens (tertiary/aromatic N) is 3. The van der Waals surface area contributed by atoms with Crippen molar-refractivity contribution in [1.82, 2.24) is 20.1 Å². The predicted molar refractivity (Wildman–Crippen MR) is 131 cm³/mol. The highest BCUT2D eigenvalue weighted by Gasteiger charge is 2.18. The Morgan fingerprint density at radius 3 is 2.28 bits per heavy atom. The van der Waals surface area contributed by atoms with Gasteiger partial charge in [-0.05, 0) is 60.5 Å². The molecular formula is C24H20Cl2N4OS. The number of halogens is 2. The van der Waals surface area contributed by atoms with Gasteiger partial charge in [0.05, 0.1) is 11.4 Å². The standard InChI is InChI=1S/C24H20Cl2N4OS/c1-16-4-2-3-5-21(16)30-23(18-8-12-20(26)13-9-18)28-29-24(30)32-15-22(31)27-14-17-6-10-19(25)11-7-17/h2-13H,14-15H2,1H3,(H,27,31). The number of hydrogen-bond acceptors (Lipinski definition) is 4. The zero-order valence-electron chi connectivity index (χ0n) is 17.3. The summed E-state index contributed by atoms with van der Waals surface area (Å²) in [6.45, 7) is 2.48. The van der Waals surface area contributed by atoms with Crippen molar-refractivity contribution >= 4 is 40.9 Å². The van der Waals surface area contributed by atoms with Gasteiger partial charge in [0, 0.05) is 22.2 Å². The molecule has 8 heteroatoms. The first-order valence-corrected chi connectivity index (χ1v) is 11.7. The predicted octanol–water partition coefficient (Wildman–Crippen LogP) is 5.96. The Morgan fingerprint density at radius 2 is 1.59 bits per heavy atom. The maximum absolute atomic E-state index is 12.5. The summed E-state index contributed by atoms with van der Waals surface area (Å²) in [5.41, 5.74) is 3.92. The first-order valence-electron chi connectivity index (χ1n) is 9.92. The third-order valence-corrected chi connectivity index (χ3v) is 6.26. The number of rotatable bonds is 7. The van der Waals surface area contributed by atoms with E-state index >= 15 is 0 Å². The van der Waals surface area contributed by atoms with Gasteiger partial charge in [0.15, 0.2) is 11.0 Å². The number of aromatic nitrogens is 3. The van der Waals surface area contributed by atoms with E-state index in [9.17, 15) is 4.79 Å². The topological polar surface area (TPSA) is 59.8 Å². The molecule has 1 heterocycles. The number of carbonyl (C=O) groups excluding carboxylic acids is 1. The number of para-hydroxylation sites is 1. The fourth-order valence-electron chi connectivity index (χ4n) is 3.16. The molecule has 0 atom stereocenters. The molecule has 1 amide bonds. The minimum atomic E-state index is -0.0858. The SMILES string of the molecule is Cc1ccccc1-n1c(SCC(=O)NCc2ccc(Cl)cc2)nnc1-c1ccc(Cl)cc1. The van der Waals surface area contributed by atoms with Gasteiger partial charge < -0.3 is 5.32 Å². The molecule has 0 unspecified atom stereocenters. The van der Waals surface area contributed by atoms with Gasteiger partial charge in [-0.3, -0.25) is 9.36 Å². The van der Waals surface area contributed by atoms with E-state index in [1.54, 1.807) is 12.1 Å². The quantitative estimate of drug-likeness (QED) is 0.330. The van der Waals surface area contributed by atoms with Crippen LogP contribution in [0.2, 0.25) is 10.0 Å². The first-order chi connectivity index (χ1) is 15.5. The van der Waals surface area contributed by atoms with E-state index < -0.39 is 0 Å². The first kappa shape index (κ1) is 22.4. The molecule has 0 bridgehead atoms. The molecular weight excluding hydrogens is 463 g/mol. The second-order valence-electron chi connectivity index (χ2n) is 7.13. The van der Waals surface area contributed by atoms with Crippen LogP contribution < -0.4 is 5.32 Å². The van der Waals surface area contributed by atoms with Crippen LogP contribution in [0, 0.1) is 6.92 Å². The van der Waals surface area contributed by atoms with E-state index in [1.807, 2.05) is 72.2 Å². The van der Waals surface area contributed by atoms with Crippen molar-refractivity contribution in [1.29, 1.82) is 0 Å². The molecule has 0 spiro atoms. The molecule has 0 aliphatic carbocycles. The molecule has 32 heavy (non-hydrogen) atoms. The molecule has 0 fully saturated rings. The van der Waals surface area contributed by atoms with Crippen molar-refractivity contribution in [2.75, 3.05) is 5.75 Å². The third-order valence-electron chi connectivity index (χ3n) is 4.83. The van der Waals surface area contributed by atoms with Gasteiger partial charge in [0.25, 0.3) is 0 Å². The van der Waals surface area contributed by atoms with Crippen LogP contribution in [0.5, 0.6) is 0 Å². The van der Waals surface area contributed by atoms with Crippen LogP contribution >= 0.6 is 35.0 Å². The van der Waals surface area contributed by atoms with E-state index in [4.69, 9.17) is 23.2 Å². The molecule has 0 saturated carbocycles. The van der Waals surface area contributed by atoms with E-state index in [0.29, 0.717) is 27.6 Å². The summed E-state index contributed by atoms with van der Waals surface area (Å²) in [4.78, 5) is 12.5. The minimum absolute atomic E-state index is 0.0858. The number of benzene rings is 3. The summed E-state index contributed by atoms with van der Waals surface area (Å²) >= 11 is 13.3. The fourth-order valence-corrected chi connectivity index (χ4v) is 4.19. The van der Waals surface area contributed by atoms with Gasteiger partial charge in [-0.2, -0.15) is 0 Å². The zero-order chi connectivity index (χ0) is 22.5. The largest absolute Gasteiger partial charge is 0.351 e. The van der Waals surface area contributed by atoms with Crippen molar-refractivity contribution in [2.45, 2.75) is 18.6 Å². The van der Waals surface area contributed by atoms with Crippen LogP contribution in [0.4, 0.5) is 0 Å².